The summed E-state index contributed by atoms with van der Waals surface area (Å²) in [5.74, 6) is 0.0363. The summed E-state index contributed by atoms with van der Waals surface area (Å²) in [4.78, 5) is 24.1. The van der Waals surface area contributed by atoms with Gasteiger partial charge < -0.3 is 15.7 Å². The van der Waals surface area contributed by atoms with Crippen molar-refractivity contribution < 1.29 is 14.7 Å². The van der Waals surface area contributed by atoms with Gasteiger partial charge in [0.25, 0.3) is 0 Å². The Hall–Kier alpha value is -1.10. The van der Waals surface area contributed by atoms with Crippen LogP contribution in [-0.4, -0.2) is 35.6 Å². The largest absolute Gasteiger partial charge is 0.391 e. The molecule has 0 aromatic heterocycles. The maximum Gasteiger partial charge on any atom is 0.245 e. The van der Waals surface area contributed by atoms with E-state index in [-0.39, 0.29) is 11.8 Å². The van der Waals surface area contributed by atoms with Crippen LogP contribution in [0.3, 0.4) is 0 Å². The first-order chi connectivity index (χ1) is 11.4. The molecule has 0 heterocycles. The summed E-state index contributed by atoms with van der Waals surface area (Å²) in [6.45, 7) is 8.46. The number of carbonyl (C=O) groups excluding carboxylic acids is 2. The molecule has 0 aliphatic heterocycles. The number of carbonyl (C=O) groups is 2. The van der Waals surface area contributed by atoms with Crippen LogP contribution in [0.2, 0.25) is 0 Å². The van der Waals surface area contributed by atoms with E-state index in [1.165, 1.54) is 32.6 Å². The Labute approximate surface area is 148 Å². The molecule has 0 radical (unpaired) electrons. The Morgan fingerprint density at radius 1 is 0.958 bits per heavy atom. The van der Waals surface area contributed by atoms with Gasteiger partial charge in [-0.2, -0.15) is 0 Å². The number of aliphatic hydroxyl groups excluding tert-OH is 1. The molecule has 2 amide bonds. The highest BCUT2D eigenvalue weighted by Crippen LogP contribution is 2.08. The van der Waals surface area contributed by atoms with Gasteiger partial charge in [-0.1, -0.05) is 59.3 Å². The lowest BCUT2D eigenvalue weighted by Gasteiger charge is -2.21. The van der Waals surface area contributed by atoms with E-state index in [1.807, 2.05) is 0 Å². The zero-order valence-electron chi connectivity index (χ0n) is 16.1. The number of unbranched alkanes of at least 4 members (excludes halogenated alkanes) is 6. The lowest BCUT2D eigenvalue weighted by atomic mass is 10.1. The summed E-state index contributed by atoms with van der Waals surface area (Å²) in [5.41, 5.74) is 0. The van der Waals surface area contributed by atoms with E-state index in [4.69, 9.17) is 0 Å². The van der Waals surface area contributed by atoms with Crippen molar-refractivity contribution in [3.63, 3.8) is 0 Å². The first-order valence-corrected chi connectivity index (χ1v) is 9.63. The molecule has 142 valence electrons. The van der Waals surface area contributed by atoms with E-state index in [1.54, 1.807) is 0 Å². The minimum absolute atomic E-state index is 0.159. The first-order valence-electron chi connectivity index (χ1n) is 9.63. The molecule has 5 nitrogen and oxygen atoms in total. The predicted molar refractivity (Wildman–Crippen MR) is 98.7 cm³/mol. The molecule has 0 aromatic rings. The second kappa shape index (κ2) is 14.3. The summed E-state index contributed by atoms with van der Waals surface area (Å²) >= 11 is 0. The van der Waals surface area contributed by atoms with Gasteiger partial charge in [-0.25, -0.2) is 0 Å². The number of aliphatic hydroxyl groups is 1. The van der Waals surface area contributed by atoms with Gasteiger partial charge >= 0.3 is 0 Å². The SMILES string of the molecule is CCCCCCCCCC(=O)NC(C(=O)NCCC(C)C)C(C)O. The topological polar surface area (TPSA) is 78.4 Å². The van der Waals surface area contributed by atoms with Crippen molar-refractivity contribution in [1.29, 1.82) is 0 Å². The highest BCUT2D eigenvalue weighted by molar-refractivity contribution is 5.88. The minimum atomic E-state index is -0.901. The summed E-state index contributed by atoms with van der Waals surface area (Å²) in [6.07, 6.45) is 8.43. The van der Waals surface area contributed by atoms with Crippen LogP contribution in [0.5, 0.6) is 0 Å². The second-order valence-corrected chi connectivity index (χ2v) is 7.13. The van der Waals surface area contributed by atoms with E-state index in [0.717, 1.165) is 25.7 Å². The smallest absolute Gasteiger partial charge is 0.245 e. The molecule has 24 heavy (non-hydrogen) atoms. The molecule has 0 saturated carbocycles. The molecule has 3 N–H and O–H groups in total. The third kappa shape index (κ3) is 12.3. The number of rotatable bonds is 14. The van der Waals surface area contributed by atoms with Crippen molar-refractivity contribution in [3.05, 3.63) is 0 Å². The van der Waals surface area contributed by atoms with Crippen molar-refractivity contribution >= 4 is 11.8 Å². The minimum Gasteiger partial charge on any atom is -0.391 e. The van der Waals surface area contributed by atoms with Gasteiger partial charge in [-0.05, 0) is 25.7 Å². The Bertz CT molecular complexity index is 344. The van der Waals surface area contributed by atoms with E-state index >= 15 is 0 Å². The fourth-order valence-corrected chi connectivity index (χ4v) is 2.49. The lowest BCUT2D eigenvalue weighted by molar-refractivity contribution is -0.131. The molecule has 0 aromatic carbocycles. The second-order valence-electron chi connectivity index (χ2n) is 7.13. The molecule has 0 aliphatic carbocycles. The summed E-state index contributed by atoms with van der Waals surface area (Å²) < 4.78 is 0. The molecular formula is C19H38N2O3. The first kappa shape index (κ1) is 22.9. The third-order valence-corrected chi connectivity index (χ3v) is 4.11. The average Bonchev–Trinajstić information content (AvgIpc) is 2.50. The molecular weight excluding hydrogens is 304 g/mol. The highest BCUT2D eigenvalue weighted by atomic mass is 16.3. The van der Waals surface area contributed by atoms with E-state index in [0.29, 0.717) is 18.9 Å². The van der Waals surface area contributed by atoms with E-state index < -0.39 is 12.1 Å². The Balaban J connectivity index is 4.00. The van der Waals surface area contributed by atoms with Crippen LogP contribution in [0.15, 0.2) is 0 Å². The molecule has 2 unspecified atom stereocenters. The van der Waals surface area contributed by atoms with E-state index in [2.05, 4.69) is 31.4 Å². The van der Waals surface area contributed by atoms with Crippen molar-refractivity contribution in [2.24, 2.45) is 5.92 Å². The van der Waals surface area contributed by atoms with Gasteiger partial charge in [0.05, 0.1) is 6.10 Å². The Morgan fingerprint density at radius 3 is 2.08 bits per heavy atom. The van der Waals surface area contributed by atoms with Crippen molar-refractivity contribution in [2.45, 2.75) is 97.6 Å². The lowest BCUT2D eigenvalue weighted by Crippen LogP contribution is -2.52. The van der Waals surface area contributed by atoms with Gasteiger partial charge in [0, 0.05) is 13.0 Å². The normalized spacial score (nSPS) is 13.6. The van der Waals surface area contributed by atoms with Crippen molar-refractivity contribution in [1.82, 2.24) is 10.6 Å². The number of hydrogen-bond donors (Lipinski definition) is 3. The zero-order chi connectivity index (χ0) is 18.4. The van der Waals surface area contributed by atoms with Crippen LogP contribution in [0.4, 0.5) is 0 Å². The van der Waals surface area contributed by atoms with Gasteiger partial charge in [0.2, 0.25) is 11.8 Å². The molecule has 0 aliphatic rings. The monoisotopic (exact) mass is 342 g/mol. The maximum absolute atomic E-state index is 12.1. The standard InChI is InChI=1S/C19H38N2O3/c1-5-6-7-8-9-10-11-12-17(23)21-18(16(4)22)19(24)20-14-13-15(2)3/h15-16,18,22H,5-14H2,1-4H3,(H,20,24)(H,21,23). The molecule has 0 bridgehead atoms. The molecule has 0 rings (SSSR count). The number of nitrogens with one attached hydrogen (secondary N) is 2. The van der Waals surface area contributed by atoms with Crippen LogP contribution in [0, 0.1) is 5.92 Å². The predicted octanol–water partition coefficient (Wildman–Crippen LogP) is 3.16. The van der Waals surface area contributed by atoms with Crippen molar-refractivity contribution in [2.75, 3.05) is 6.54 Å². The fourth-order valence-electron chi connectivity index (χ4n) is 2.49. The zero-order valence-corrected chi connectivity index (χ0v) is 16.1. The molecule has 0 saturated heterocycles. The van der Waals surface area contributed by atoms with Crippen LogP contribution < -0.4 is 10.6 Å². The fraction of sp³-hybridized carbons (Fsp3) is 0.895. The van der Waals surface area contributed by atoms with Gasteiger partial charge in [-0.3, -0.25) is 9.59 Å². The maximum atomic E-state index is 12.1. The quantitative estimate of drug-likeness (QED) is 0.424. The molecule has 0 spiro atoms. The molecule has 0 fully saturated rings. The highest BCUT2D eigenvalue weighted by Gasteiger charge is 2.25. The number of hydrogen-bond acceptors (Lipinski definition) is 3. The Kier molecular flexibility index (Phi) is 13.6. The average molecular weight is 343 g/mol. The summed E-state index contributed by atoms with van der Waals surface area (Å²) in [5, 5.41) is 15.2. The number of amides is 2. The Morgan fingerprint density at radius 2 is 1.54 bits per heavy atom. The van der Waals surface area contributed by atoms with Crippen LogP contribution >= 0.6 is 0 Å². The van der Waals surface area contributed by atoms with Gasteiger partial charge in [0.1, 0.15) is 6.04 Å². The summed E-state index contributed by atoms with van der Waals surface area (Å²) in [7, 11) is 0. The molecule has 2 atom stereocenters. The van der Waals surface area contributed by atoms with Crippen molar-refractivity contribution in [3.8, 4) is 0 Å². The van der Waals surface area contributed by atoms with Gasteiger partial charge in [0.15, 0.2) is 0 Å². The van der Waals surface area contributed by atoms with Crippen LogP contribution in [0.25, 0.3) is 0 Å². The third-order valence-electron chi connectivity index (χ3n) is 4.11. The summed E-state index contributed by atoms with van der Waals surface area (Å²) in [6, 6.07) is -0.866. The van der Waals surface area contributed by atoms with Crippen LogP contribution in [-0.2, 0) is 9.59 Å². The molecule has 5 heteroatoms. The van der Waals surface area contributed by atoms with Gasteiger partial charge in [-0.15, -0.1) is 0 Å². The van der Waals surface area contributed by atoms with Crippen LogP contribution in [0.1, 0.15) is 85.5 Å². The van der Waals surface area contributed by atoms with E-state index in [9.17, 15) is 14.7 Å².